The van der Waals surface area contributed by atoms with Crippen molar-refractivity contribution >= 4 is 8.32 Å². The predicted octanol–water partition coefficient (Wildman–Crippen LogP) is 4.23. The number of nitrogens with zero attached hydrogens (tertiary/aromatic N) is 1. The highest BCUT2D eigenvalue weighted by Crippen LogP contribution is 2.37. The Morgan fingerprint density at radius 1 is 1.33 bits per heavy atom. The molecule has 1 aromatic rings. The minimum Gasteiger partial charge on any atom is -0.543 e. The molecule has 2 nitrogen and oxygen atoms in total. The molecule has 0 aliphatic heterocycles. The summed E-state index contributed by atoms with van der Waals surface area (Å²) in [5, 5.41) is 0.200. The molecule has 0 aliphatic carbocycles. The molecule has 0 spiro atoms. The van der Waals surface area contributed by atoms with Gasteiger partial charge in [-0.2, -0.15) is 0 Å². The fraction of sp³-hybridized carbons (Fsp3) is 0.533. The van der Waals surface area contributed by atoms with Crippen LogP contribution in [0.3, 0.4) is 0 Å². The Balaban J connectivity index is 2.92. The van der Waals surface area contributed by atoms with Gasteiger partial charge in [-0.15, -0.1) is 0 Å². The van der Waals surface area contributed by atoms with Gasteiger partial charge in [0.25, 0.3) is 0 Å². The van der Waals surface area contributed by atoms with Crippen LogP contribution in [-0.4, -0.2) is 13.3 Å². The molecule has 0 amide bonds. The van der Waals surface area contributed by atoms with E-state index in [-0.39, 0.29) is 5.04 Å². The number of hydrogen-bond acceptors (Lipinski definition) is 2. The predicted molar refractivity (Wildman–Crippen MR) is 79.2 cm³/mol. The van der Waals surface area contributed by atoms with Crippen LogP contribution in [0.1, 0.15) is 39.8 Å². The molecule has 1 heterocycles. The summed E-state index contributed by atoms with van der Waals surface area (Å²) in [7, 11) is -1.78. The van der Waals surface area contributed by atoms with Crippen LogP contribution in [0.2, 0.25) is 18.1 Å². The molecule has 0 saturated heterocycles. The Bertz CT molecular complexity index is 463. The van der Waals surface area contributed by atoms with Crippen LogP contribution in [0.25, 0.3) is 0 Å². The molecule has 0 saturated carbocycles. The zero-order valence-corrected chi connectivity index (χ0v) is 13.3. The number of aromatic nitrogens is 1. The molecule has 0 unspecified atom stereocenters. The van der Waals surface area contributed by atoms with E-state index in [9.17, 15) is 0 Å². The van der Waals surface area contributed by atoms with Crippen molar-refractivity contribution in [3.05, 3.63) is 24.0 Å². The van der Waals surface area contributed by atoms with Crippen LogP contribution in [0.4, 0.5) is 0 Å². The van der Waals surface area contributed by atoms with Crippen LogP contribution < -0.4 is 4.43 Å². The van der Waals surface area contributed by atoms with Crippen LogP contribution in [0.15, 0.2) is 18.3 Å². The van der Waals surface area contributed by atoms with E-state index in [4.69, 9.17) is 4.43 Å². The maximum absolute atomic E-state index is 6.22. The third kappa shape index (κ3) is 3.88. The molecule has 98 valence electrons. The van der Waals surface area contributed by atoms with E-state index in [1.54, 1.807) is 6.20 Å². The van der Waals surface area contributed by atoms with Gasteiger partial charge in [-0.25, -0.2) is 4.98 Å². The maximum atomic E-state index is 6.22. The molecule has 0 N–H and O–H groups in total. The molecule has 18 heavy (non-hydrogen) atoms. The van der Waals surface area contributed by atoms with Gasteiger partial charge in [0.2, 0.25) is 8.32 Å². The van der Waals surface area contributed by atoms with Crippen LogP contribution in [0, 0.1) is 11.8 Å². The third-order valence-corrected chi connectivity index (χ3v) is 7.66. The Hall–Kier alpha value is -1.27. The molecule has 0 atom stereocenters. The lowest BCUT2D eigenvalue weighted by Crippen LogP contribution is -2.43. The normalized spacial score (nSPS) is 11.7. The second-order valence-electron chi connectivity index (χ2n) is 5.89. The van der Waals surface area contributed by atoms with E-state index in [0.717, 1.165) is 17.9 Å². The Kier molecular flexibility index (Phi) is 4.58. The summed E-state index contributed by atoms with van der Waals surface area (Å²) in [6.45, 7) is 13.2. The van der Waals surface area contributed by atoms with Crippen molar-refractivity contribution < 1.29 is 4.43 Å². The van der Waals surface area contributed by atoms with E-state index in [0.29, 0.717) is 0 Å². The molecular formula is C15H23NOSi. The van der Waals surface area contributed by atoms with E-state index < -0.39 is 8.32 Å². The zero-order valence-electron chi connectivity index (χ0n) is 12.3. The summed E-state index contributed by atoms with van der Waals surface area (Å²) >= 11 is 0. The molecule has 0 bridgehead atoms. The topological polar surface area (TPSA) is 22.1 Å². The summed E-state index contributed by atoms with van der Waals surface area (Å²) in [6, 6.07) is 3.85. The van der Waals surface area contributed by atoms with Gasteiger partial charge in [0.1, 0.15) is 11.4 Å². The first-order chi connectivity index (χ1) is 8.26. The lowest BCUT2D eigenvalue weighted by molar-refractivity contribution is 0.491. The summed E-state index contributed by atoms with van der Waals surface area (Å²) in [6.07, 6.45) is 2.61. The van der Waals surface area contributed by atoms with Crippen LogP contribution >= 0.6 is 0 Å². The van der Waals surface area contributed by atoms with E-state index in [1.807, 2.05) is 19.1 Å². The van der Waals surface area contributed by atoms with Gasteiger partial charge in [0.15, 0.2) is 0 Å². The van der Waals surface area contributed by atoms with Gasteiger partial charge in [0, 0.05) is 18.7 Å². The molecule has 3 heteroatoms. The van der Waals surface area contributed by atoms with Gasteiger partial charge >= 0.3 is 0 Å². The smallest absolute Gasteiger partial charge is 0.250 e. The first-order valence-electron chi connectivity index (χ1n) is 6.40. The largest absolute Gasteiger partial charge is 0.543 e. The Labute approximate surface area is 112 Å². The van der Waals surface area contributed by atoms with Gasteiger partial charge in [-0.3, -0.25) is 0 Å². The average Bonchev–Trinajstić information content (AvgIpc) is 2.24. The van der Waals surface area contributed by atoms with E-state index >= 15 is 0 Å². The molecule has 0 aromatic carbocycles. The quantitative estimate of drug-likeness (QED) is 0.587. The maximum Gasteiger partial charge on any atom is 0.250 e. The highest BCUT2D eigenvalue weighted by Gasteiger charge is 2.38. The lowest BCUT2D eigenvalue weighted by Gasteiger charge is -2.36. The van der Waals surface area contributed by atoms with Gasteiger partial charge in [0.05, 0.1) is 0 Å². The van der Waals surface area contributed by atoms with Crippen molar-refractivity contribution in [2.45, 2.75) is 52.2 Å². The lowest BCUT2D eigenvalue weighted by atomic mass is 10.2. The monoisotopic (exact) mass is 261 g/mol. The van der Waals surface area contributed by atoms with Crippen LogP contribution in [-0.2, 0) is 0 Å². The summed E-state index contributed by atoms with van der Waals surface area (Å²) in [5.41, 5.74) is 0.785. The van der Waals surface area contributed by atoms with Crippen molar-refractivity contribution in [3.63, 3.8) is 0 Å². The minimum atomic E-state index is -1.78. The molecule has 1 aromatic heterocycles. The van der Waals surface area contributed by atoms with Crippen LogP contribution in [0.5, 0.6) is 5.75 Å². The molecular weight excluding hydrogens is 238 g/mol. The Morgan fingerprint density at radius 2 is 2.00 bits per heavy atom. The van der Waals surface area contributed by atoms with E-state index in [2.05, 4.69) is 50.7 Å². The number of rotatable bonds is 2. The first-order valence-corrected chi connectivity index (χ1v) is 9.31. The standard InChI is InChI=1S/C15H23NOSi/c1-7-8-9-13-12-14(10-11-16-13)17-18(5,6)15(2,3)4/h10-12H,7H2,1-6H3. The van der Waals surface area contributed by atoms with Gasteiger partial charge in [-0.05, 0) is 30.1 Å². The summed E-state index contributed by atoms with van der Waals surface area (Å²) < 4.78 is 6.22. The second kappa shape index (κ2) is 5.58. The highest BCUT2D eigenvalue weighted by molar-refractivity contribution is 6.74. The minimum absolute atomic E-state index is 0.200. The number of pyridine rings is 1. The van der Waals surface area contributed by atoms with Crippen molar-refractivity contribution in [1.29, 1.82) is 0 Å². The SMILES string of the molecule is CCC#Cc1cc(O[Si](C)(C)C(C)(C)C)ccn1. The molecule has 1 rings (SSSR count). The summed E-state index contributed by atoms with van der Waals surface area (Å²) in [5.74, 6) is 6.95. The third-order valence-electron chi connectivity index (χ3n) is 3.30. The van der Waals surface area contributed by atoms with Gasteiger partial charge < -0.3 is 4.43 Å². The average molecular weight is 261 g/mol. The van der Waals surface area contributed by atoms with Crippen molar-refractivity contribution in [1.82, 2.24) is 4.98 Å². The van der Waals surface area contributed by atoms with Crippen molar-refractivity contribution in [2.24, 2.45) is 0 Å². The van der Waals surface area contributed by atoms with E-state index in [1.165, 1.54) is 0 Å². The number of hydrogen-bond donors (Lipinski definition) is 0. The highest BCUT2D eigenvalue weighted by atomic mass is 28.4. The second-order valence-corrected chi connectivity index (χ2v) is 10.6. The van der Waals surface area contributed by atoms with Gasteiger partial charge in [-0.1, -0.05) is 33.6 Å². The fourth-order valence-electron chi connectivity index (χ4n) is 1.17. The summed E-state index contributed by atoms with van der Waals surface area (Å²) in [4.78, 5) is 4.23. The van der Waals surface area contributed by atoms with Crippen molar-refractivity contribution in [3.8, 4) is 17.6 Å². The van der Waals surface area contributed by atoms with Crippen molar-refractivity contribution in [2.75, 3.05) is 0 Å². The Morgan fingerprint density at radius 3 is 2.56 bits per heavy atom. The zero-order chi connectivity index (χ0) is 13.8. The fourth-order valence-corrected chi connectivity index (χ4v) is 2.19. The molecule has 0 fully saturated rings. The molecule has 0 aliphatic rings. The molecule has 0 radical (unpaired) electrons. The first kappa shape index (κ1) is 14.8.